The van der Waals surface area contributed by atoms with Gasteiger partial charge in [-0.25, -0.2) is 14.4 Å². The lowest BCUT2D eigenvalue weighted by Gasteiger charge is -2.04. The van der Waals surface area contributed by atoms with Crippen LogP contribution in [0.25, 0.3) is 33.5 Å². The molecule has 118 valence electrons. The minimum Gasteiger partial charge on any atom is -0.383 e. The summed E-state index contributed by atoms with van der Waals surface area (Å²) in [5.74, 6) is -0.116. The molecule has 8 heteroatoms. The SMILES string of the molecule is Nc1ncncc1-c1ccnc2c(-c3ccc(F)cc3Cl)noc12. The van der Waals surface area contributed by atoms with Crippen molar-refractivity contribution in [2.75, 3.05) is 5.73 Å². The number of anilines is 1. The first-order valence-electron chi connectivity index (χ1n) is 6.91. The Hall–Kier alpha value is -3.06. The van der Waals surface area contributed by atoms with Crippen LogP contribution in [-0.2, 0) is 0 Å². The third-order valence-corrected chi connectivity index (χ3v) is 3.89. The van der Waals surface area contributed by atoms with Crippen LogP contribution in [0.4, 0.5) is 10.2 Å². The molecule has 24 heavy (non-hydrogen) atoms. The monoisotopic (exact) mass is 341 g/mol. The molecule has 0 unspecified atom stereocenters. The van der Waals surface area contributed by atoms with Crippen molar-refractivity contribution in [3.8, 4) is 22.4 Å². The molecule has 1 aromatic carbocycles. The third kappa shape index (κ3) is 2.26. The number of halogens is 2. The van der Waals surface area contributed by atoms with Crippen LogP contribution < -0.4 is 5.73 Å². The van der Waals surface area contributed by atoms with E-state index in [1.807, 2.05) is 0 Å². The van der Waals surface area contributed by atoms with E-state index >= 15 is 0 Å². The highest BCUT2D eigenvalue weighted by Crippen LogP contribution is 2.36. The molecule has 0 amide bonds. The van der Waals surface area contributed by atoms with Gasteiger partial charge in [-0.2, -0.15) is 0 Å². The second-order valence-corrected chi connectivity index (χ2v) is 5.42. The van der Waals surface area contributed by atoms with Crippen molar-refractivity contribution in [3.05, 3.63) is 53.8 Å². The Labute approximate surface area is 140 Å². The number of nitrogens with two attached hydrogens (primary N) is 1. The summed E-state index contributed by atoms with van der Waals surface area (Å²) in [6, 6.07) is 5.78. The quantitative estimate of drug-likeness (QED) is 0.597. The molecule has 0 saturated heterocycles. The molecule has 2 N–H and O–H groups in total. The molecule has 4 rings (SSSR count). The largest absolute Gasteiger partial charge is 0.383 e. The molecule has 0 aliphatic carbocycles. The maximum Gasteiger partial charge on any atom is 0.193 e. The summed E-state index contributed by atoms with van der Waals surface area (Å²) < 4.78 is 18.7. The smallest absolute Gasteiger partial charge is 0.193 e. The van der Waals surface area contributed by atoms with Crippen molar-refractivity contribution in [2.24, 2.45) is 0 Å². The maximum atomic E-state index is 13.3. The van der Waals surface area contributed by atoms with Crippen LogP contribution in [0, 0.1) is 5.82 Å². The fourth-order valence-electron chi connectivity index (χ4n) is 2.46. The average molecular weight is 342 g/mol. The number of aromatic nitrogens is 4. The molecule has 3 heterocycles. The average Bonchev–Trinajstić information content (AvgIpc) is 2.99. The number of hydrogen-bond acceptors (Lipinski definition) is 6. The highest BCUT2D eigenvalue weighted by atomic mass is 35.5. The van der Waals surface area contributed by atoms with Gasteiger partial charge in [0.1, 0.15) is 29.2 Å². The molecule has 0 radical (unpaired) electrons. The van der Waals surface area contributed by atoms with Crippen molar-refractivity contribution in [1.82, 2.24) is 20.1 Å². The Kier molecular flexibility index (Phi) is 3.35. The van der Waals surface area contributed by atoms with Crippen molar-refractivity contribution in [2.45, 2.75) is 0 Å². The lowest BCUT2D eigenvalue weighted by Crippen LogP contribution is -1.95. The Morgan fingerprint density at radius 3 is 2.75 bits per heavy atom. The zero-order valence-electron chi connectivity index (χ0n) is 12.1. The van der Waals surface area contributed by atoms with Gasteiger partial charge in [0.2, 0.25) is 0 Å². The zero-order valence-corrected chi connectivity index (χ0v) is 12.8. The standard InChI is InChI=1S/C16H9ClFN5O/c17-12-5-8(18)1-2-10(12)13-14-15(24-23-13)9(3-4-21-14)11-6-20-7-22-16(11)19/h1-7H,(H2,19,20,22). The summed E-state index contributed by atoms with van der Waals surface area (Å²) in [6.45, 7) is 0. The molecule has 0 aliphatic rings. The van der Waals surface area contributed by atoms with E-state index in [2.05, 4.69) is 20.1 Å². The minimum atomic E-state index is -0.431. The number of pyridine rings is 1. The van der Waals surface area contributed by atoms with E-state index in [1.165, 1.54) is 24.5 Å². The highest BCUT2D eigenvalue weighted by molar-refractivity contribution is 6.33. The van der Waals surface area contributed by atoms with Gasteiger partial charge < -0.3 is 10.3 Å². The molecule has 4 aromatic rings. The lowest BCUT2D eigenvalue weighted by molar-refractivity contribution is 0.460. The van der Waals surface area contributed by atoms with Crippen molar-refractivity contribution >= 4 is 28.5 Å². The van der Waals surface area contributed by atoms with E-state index < -0.39 is 5.82 Å². The van der Waals surface area contributed by atoms with Crippen molar-refractivity contribution < 1.29 is 8.91 Å². The van der Waals surface area contributed by atoms with Gasteiger partial charge in [-0.05, 0) is 24.3 Å². The molecule has 0 bridgehead atoms. The molecular formula is C16H9ClFN5O. The van der Waals surface area contributed by atoms with Crippen LogP contribution >= 0.6 is 11.6 Å². The molecule has 0 saturated carbocycles. The molecule has 0 aliphatic heterocycles. The van der Waals surface area contributed by atoms with Crippen molar-refractivity contribution in [1.29, 1.82) is 0 Å². The van der Waals surface area contributed by atoms with Crippen LogP contribution in [0.2, 0.25) is 5.02 Å². The van der Waals surface area contributed by atoms with Gasteiger partial charge in [-0.1, -0.05) is 16.8 Å². The molecule has 6 nitrogen and oxygen atoms in total. The Bertz CT molecular complexity index is 1070. The van der Waals surface area contributed by atoms with Crippen LogP contribution in [0.15, 0.2) is 47.5 Å². The first-order valence-corrected chi connectivity index (χ1v) is 7.28. The van der Waals surface area contributed by atoms with E-state index in [0.717, 1.165) is 0 Å². The Balaban J connectivity index is 1.96. The van der Waals surface area contributed by atoms with Crippen LogP contribution in [0.3, 0.4) is 0 Å². The number of hydrogen-bond donors (Lipinski definition) is 1. The van der Waals surface area contributed by atoms with Crippen LogP contribution in [0.5, 0.6) is 0 Å². The van der Waals surface area contributed by atoms with Gasteiger partial charge in [0.05, 0.1) is 5.02 Å². The minimum absolute atomic E-state index is 0.222. The maximum absolute atomic E-state index is 13.3. The summed E-state index contributed by atoms with van der Waals surface area (Å²) in [5, 5.41) is 4.27. The summed E-state index contributed by atoms with van der Waals surface area (Å²) in [7, 11) is 0. The van der Waals surface area contributed by atoms with Gasteiger partial charge in [0.25, 0.3) is 0 Å². The fraction of sp³-hybridized carbons (Fsp3) is 0. The summed E-state index contributed by atoms with van der Waals surface area (Å²) >= 11 is 6.11. The Morgan fingerprint density at radius 2 is 1.96 bits per heavy atom. The third-order valence-electron chi connectivity index (χ3n) is 3.58. The van der Waals surface area contributed by atoms with E-state index in [1.54, 1.807) is 18.5 Å². The normalized spacial score (nSPS) is 11.1. The fourth-order valence-corrected chi connectivity index (χ4v) is 2.72. The van der Waals surface area contributed by atoms with E-state index in [9.17, 15) is 4.39 Å². The number of nitrogens with zero attached hydrogens (tertiary/aromatic N) is 4. The topological polar surface area (TPSA) is 90.7 Å². The van der Waals surface area contributed by atoms with E-state index in [-0.39, 0.29) is 5.02 Å². The van der Waals surface area contributed by atoms with E-state index in [4.69, 9.17) is 21.9 Å². The summed E-state index contributed by atoms with van der Waals surface area (Å²) in [5.41, 5.74) is 9.04. The predicted octanol–water partition coefficient (Wildman–Crippen LogP) is 3.72. The van der Waals surface area contributed by atoms with Gasteiger partial charge >= 0.3 is 0 Å². The summed E-state index contributed by atoms with van der Waals surface area (Å²) in [4.78, 5) is 12.3. The number of rotatable bonds is 2. The molecule has 0 atom stereocenters. The van der Waals surface area contributed by atoms with Gasteiger partial charge in [-0.15, -0.1) is 0 Å². The van der Waals surface area contributed by atoms with Crippen molar-refractivity contribution in [3.63, 3.8) is 0 Å². The zero-order chi connectivity index (χ0) is 16.7. The molecule has 0 fully saturated rings. The first kappa shape index (κ1) is 14.5. The summed E-state index contributed by atoms with van der Waals surface area (Å²) in [6.07, 6.45) is 4.55. The lowest BCUT2D eigenvalue weighted by atomic mass is 10.1. The number of fused-ring (bicyclic) bond motifs is 1. The molecule has 3 aromatic heterocycles. The second-order valence-electron chi connectivity index (χ2n) is 5.01. The van der Waals surface area contributed by atoms with Gasteiger partial charge in [0.15, 0.2) is 5.58 Å². The van der Waals surface area contributed by atoms with Gasteiger partial charge in [-0.3, -0.25) is 4.98 Å². The highest BCUT2D eigenvalue weighted by Gasteiger charge is 2.19. The molecule has 0 spiro atoms. The van der Waals surface area contributed by atoms with Crippen LogP contribution in [-0.4, -0.2) is 20.1 Å². The van der Waals surface area contributed by atoms with E-state index in [0.29, 0.717) is 39.3 Å². The molecular weight excluding hydrogens is 333 g/mol. The number of benzene rings is 1. The second kappa shape index (κ2) is 5.54. The Morgan fingerprint density at radius 1 is 1.08 bits per heavy atom. The number of nitrogen functional groups attached to an aromatic ring is 1. The predicted molar refractivity (Wildman–Crippen MR) is 87.6 cm³/mol. The van der Waals surface area contributed by atoms with Crippen LogP contribution in [0.1, 0.15) is 0 Å². The first-order chi connectivity index (χ1) is 11.6. The van der Waals surface area contributed by atoms with Gasteiger partial charge in [0, 0.05) is 29.1 Å².